The number of nitrogens with zero attached hydrogens (tertiary/aromatic N) is 1. The molecule has 1 saturated heterocycles. The number of amides is 1. The molecule has 4 rings (SSSR count). The van der Waals surface area contributed by atoms with Gasteiger partial charge in [0.2, 0.25) is 0 Å². The Bertz CT molecular complexity index is 1180. The van der Waals surface area contributed by atoms with Crippen LogP contribution in [0.4, 0.5) is 4.39 Å². The van der Waals surface area contributed by atoms with Crippen molar-refractivity contribution in [1.29, 1.82) is 0 Å². The lowest BCUT2D eigenvalue weighted by atomic mass is 9.95. The minimum atomic E-state index is -0.631. The summed E-state index contributed by atoms with van der Waals surface area (Å²) in [6.45, 7) is 2.47. The lowest BCUT2D eigenvalue weighted by Crippen LogP contribution is -2.28. The van der Waals surface area contributed by atoms with Gasteiger partial charge in [-0.1, -0.05) is 23.7 Å². The SMILES string of the molecule is O=C(NCc1cccc(Cl)c1)c1nc2ccc(F)c(OCCC3CCNCC3)c2c(=O)[nH]1. The molecule has 0 unspecified atom stereocenters. The molecule has 0 aliphatic carbocycles. The van der Waals surface area contributed by atoms with Crippen molar-refractivity contribution in [1.82, 2.24) is 20.6 Å². The number of aromatic amines is 1. The number of hydrogen-bond acceptors (Lipinski definition) is 5. The van der Waals surface area contributed by atoms with Gasteiger partial charge < -0.3 is 20.4 Å². The van der Waals surface area contributed by atoms with E-state index in [-0.39, 0.29) is 29.0 Å². The van der Waals surface area contributed by atoms with Crippen molar-refractivity contribution in [3.63, 3.8) is 0 Å². The van der Waals surface area contributed by atoms with Gasteiger partial charge in [-0.25, -0.2) is 9.37 Å². The number of carbonyl (C=O) groups is 1. The summed E-state index contributed by atoms with van der Waals surface area (Å²) in [4.78, 5) is 31.9. The van der Waals surface area contributed by atoms with Crippen molar-refractivity contribution in [3.8, 4) is 5.75 Å². The first kappa shape index (κ1) is 22.2. The monoisotopic (exact) mass is 458 g/mol. The van der Waals surface area contributed by atoms with Crippen molar-refractivity contribution >= 4 is 28.4 Å². The number of fused-ring (bicyclic) bond motifs is 1. The number of aromatic nitrogens is 2. The fourth-order valence-electron chi connectivity index (χ4n) is 3.84. The standard InChI is InChI=1S/C23H24ClFN4O3/c24-16-3-1-2-15(12-16)13-27-23(31)21-28-18-5-4-17(25)20(19(18)22(30)29-21)32-11-8-14-6-9-26-10-7-14/h1-5,12,14,26H,6-11,13H2,(H,27,31)(H,28,29,30). The Labute approximate surface area is 189 Å². The average Bonchev–Trinajstić information content (AvgIpc) is 2.79. The van der Waals surface area contributed by atoms with E-state index in [9.17, 15) is 14.0 Å². The summed E-state index contributed by atoms with van der Waals surface area (Å²) in [5.74, 6) is -0.955. The second-order valence-electron chi connectivity index (χ2n) is 7.83. The maximum atomic E-state index is 14.5. The Kier molecular flexibility index (Phi) is 7.02. The van der Waals surface area contributed by atoms with Crippen LogP contribution in [-0.2, 0) is 6.54 Å². The van der Waals surface area contributed by atoms with E-state index in [0.717, 1.165) is 37.9 Å². The van der Waals surface area contributed by atoms with Crippen LogP contribution in [-0.4, -0.2) is 35.6 Å². The molecule has 0 bridgehead atoms. The van der Waals surface area contributed by atoms with E-state index in [4.69, 9.17) is 16.3 Å². The molecule has 0 saturated carbocycles. The van der Waals surface area contributed by atoms with Gasteiger partial charge in [0, 0.05) is 11.6 Å². The number of piperidine rings is 1. The van der Waals surface area contributed by atoms with Gasteiger partial charge in [-0.05, 0) is 68.1 Å². The van der Waals surface area contributed by atoms with Gasteiger partial charge in [-0.2, -0.15) is 0 Å². The van der Waals surface area contributed by atoms with Crippen LogP contribution in [0.15, 0.2) is 41.2 Å². The molecule has 32 heavy (non-hydrogen) atoms. The van der Waals surface area contributed by atoms with E-state index in [2.05, 4.69) is 20.6 Å². The second-order valence-corrected chi connectivity index (χ2v) is 8.26. The van der Waals surface area contributed by atoms with Crippen LogP contribution in [0.2, 0.25) is 5.02 Å². The predicted octanol–water partition coefficient (Wildman–Crippen LogP) is 3.41. The van der Waals surface area contributed by atoms with Crippen LogP contribution in [0, 0.1) is 11.7 Å². The highest BCUT2D eigenvalue weighted by Crippen LogP contribution is 2.26. The number of benzene rings is 2. The molecule has 2 aromatic carbocycles. The predicted molar refractivity (Wildman–Crippen MR) is 121 cm³/mol. The molecular formula is C23H24ClFN4O3. The van der Waals surface area contributed by atoms with Crippen LogP contribution in [0.25, 0.3) is 10.9 Å². The van der Waals surface area contributed by atoms with Crippen molar-refractivity contribution in [2.45, 2.75) is 25.8 Å². The zero-order chi connectivity index (χ0) is 22.5. The lowest BCUT2D eigenvalue weighted by molar-refractivity contribution is 0.0940. The summed E-state index contributed by atoms with van der Waals surface area (Å²) >= 11 is 5.95. The third-order valence-corrected chi connectivity index (χ3v) is 5.80. The fraction of sp³-hybridized carbons (Fsp3) is 0.348. The number of halogens is 2. The van der Waals surface area contributed by atoms with E-state index in [1.165, 1.54) is 12.1 Å². The third kappa shape index (κ3) is 5.26. The molecule has 1 aromatic heterocycles. The number of carbonyl (C=O) groups excluding carboxylic acids is 1. The number of rotatable bonds is 7. The molecule has 0 atom stereocenters. The molecule has 1 aliphatic heterocycles. The molecule has 1 amide bonds. The summed E-state index contributed by atoms with van der Waals surface area (Å²) in [5, 5.41) is 6.56. The highest BCUT2D eigenvalue weighted by atomic mass is 35.5. The van der Waals surface area contributed by atoms with Gasteiger partial charge in [0.25, 0.3) is 11.5 Å². The molecule has 0 spiro atoms. The Balaban J connectivity index is 1.49. The van der Waals surface area contributed by atoms with E-state index in [1.54, 1.807) is 18.2 Å². The highest BCUT2D eigenvalue weighted by Gasteiger charge is 2.19. The Hall–Kier alpha value is -2.97. The minimum Gasteiger partial charge on any atom is -0.490 e. The van der Waals surface area contributed by atoms with Gasteiger partial charge >= 0.3 is 0 Å². The Morgan fingerprint density at radius 1 is 1.25 bits per heavy atom. The zero-order valence-corrected chi connectivity index (χ0v) is 18.2. The van der Waals surface area contributed by atoms with Crippen molar-refractivity contribution in [3.05, 3.63) is 69.0 Å². The summed E-state index contributed by atoms with van der Waals surface area (Å²) < 4.78 is 20.1. The maximum Gasteiger partial charge on any atom is 0.287 e. The average molecular weight is 459 g/mol. The summed E-state index contributed by atoms with van der Waals surface area (Å²) in [5.41, 5.74) is 0.375. The normalized spacial score (nSPS) is 14.4. The van der Waals surface area contributed by atoms with Crippen LogP contribution < -0.4 is 20.9 Å². The molecule has 3 aromatic rings. The lowest BCUT2D eigenvalue weighted by Gasteiger charge is -2.22. The van der Waals surface area contributed by atoms with Crippen LogP contribution in [0.5, 0.6) is 5.75 Å². The summed E-state index contributed by atoms with van der Waals surface area (Å²) in [7, 11) is 0. The van der Waals surface area contributed by atoms with Gasteiger partial charge in [0.15, 0.2) is 17.4 Å². The number of ether oxygens (including phenoxy) is 1. The number of nitrogens with one attached hydrogen (secondary N) is 3. The second kappa shape index (κ2) is 10.1. The van der Waals surface area contributed by atoms with E-state index in [0.29, 0.717) is 17.5 Å². The van der Waals surface area contributed by atoms with Crippen molar-refractivity contribution in [2.24, 2.45) is 5.92 Å². The molecule has 1 fully saturated rings. The molecular weight excluding hydrogens is 435 g/mol. The summed E-state index contributed by atoms with van der Waals surface area (Å²) in [6.07, 6.45) is 2.89. The molecule has 1 aliphatic rings. The van der Waals surface area contributed by atoms with E-state index < -0.39 is 17.3 Å². The third-order valence-electron chi connectivity index (χ3n) is 5.57. The van der Waals surface area contributed by atoms with Gasteiger partial charge in [0.1, 0.15) is 5.39 Å². The van der Waals surface area contributed by atoms with Crippen molar-refractivity contribution < 1.29 is 13.9 Å². The smallest absolute Gasteiger partial charge is 0.287 e. The van der Waals surface area contributed by atoms with E-state index in [1.807, 2.05) is 6.07 Å². The summed E-state index contributed by atoms with van der Waals surface area (Å²) in [6, 6.07) is 9.63. The maximum absolute atomic E-state index is 14.5. The molecule has 3 N–H and O–H groups in total. The van der Waals surface area contributed by atoms with Crippen LogP contribution in [0.1, 0.15) is 35.4 Å². The van der Waals surface area contributed by atoms with Crippen LogP contribution >= 0.6 is 11.6 Å². The fourth-order valence-corrected chi connectivity index (χ4v) is 4.05. The topological polar surface area (TPSA) is 96.1 Å². The molecule has 2 heterocycles. The zero-order valence-electron chi connectivity index (χ0n) is 17.4. The molecule has 168 valence electrons. The molecule has 9 heteroatoms. The first-order valence-electron chi connectivity index (χ1n) is 10.6. The van der Waals surface area contributed by atoms with E-state index >= 15 is 0 Å². The first-order valence-corrected chi connectivity index (χ1v) is 11.0. The highest BCUT2D eigenvalue weighted by molar-refractivity contribution is 6.30. The largest absolute Gasteiger partial charge is 0.490 e. The number of H-pyrrole nitrogens is 1. The minimum absolute atomic E-state index is 0.00158. The number of hydrogen-bond donors (Lipinski definition) is 3. The molecule has 7 nitrogen and oxygen atoms in total. The Morgan fingerprint density at radius 2 is 2.06 bits per heavy atom. The Morgan fingerprint density at radius 3 is 2.84 bits per heavy atom. The van der Waals surface area contributed by atoms with Crippen LogP contribution in [0.3, 0.4) is 0 Å². The van der Waals surface area contributed by atoms with Gasteiger partial charge in [-0.15, -0.1) is 0 Å². The van der Waals surface area contributed by atoms with Gasteiger partial charge in [0.05, 0.1) is 12.1 Å². The van der Waals surface area contributed by atoms with Gasteiger partial charge in [-0.3, -0.25) is 9.59 Å². The molecule has 0 radical (unpaired) electrons. The van der Waals surface area contributed by atoms with Crippen molar-refractivity contribution in [2.75, 3.05) is 19.7 Å². The quantitative estimate of drug-likeness (QED) is 0.504. The first-order chi connectivity index (χ1) is 15.5.